The monoisotopic (exact) mass is 271 g/mol. The van der Waals surface area contributed by atoms with Crippen molar-refractivity contribution in [2.75, 3.05) is 5.75 Å². The standard InChI is InChI=1S/C12H17NO2S2/c1-8-6-12(10(3)16-8)9(2)13-11-4-5-17(14,15)7-11/h4-6,9,11,13H,7H2,1-3H3. The fraction of sp³-hybridized carbons (Fsp3) is 0.500. The highest BCUT2D eigenvalue weighted by atomic mass is 32.2. The summed E-state index contributed by atoms with van der Waals surface area (Å²) in [7, 11) is -2.97. The third kappa shape index (κ3) is 2.97. The van der Waals surface area contributed by atoms with Crippen molar-refractivity contribution in [2.45, 2.75) is 32.9 Å². The molecule has 0 saturated carbocycles. The van der Waals surface area contributed by atoms with Crippen molar-refractivity contribution in [3.05, 3.63) is 32.9 Å². The van der Waals surface area contributed by atoms with E-state index in [2.05, 4.69) is 32.2 Å². The van der Waals surface area contributed by atoms with Crippen LogP contribution in [0.4, 0.5) is 0 Å². The van der Waals surface area contributed by atoms with Crippen molar-refractivity contribution < 1.29 is 8.42 Å². The first-order valence-corrected chi connectivity index (χ1v) is 8.14. The zero-order valence-electron chi connectivity index (χ0n) is 10.2. The van der Waals surface area contributed by atoms with E-state index in [1.165, 1.54) is 20.7 Å². The van der Waals surface area contributed by atoms with Crippen LogP contribution in [0.25, 0.3) is 0 Å². The van der Waals surface area contributed by atoms with Gasteiger partial charge in [0.2, 0.25) is 0 Å². The second-order valence-electron chi connectivity index (χ2n) is 4.52. The van der Waals surface area contributed by atoms with E-state index in [9.17, 15) is 8.42 Å². The number of hydrogen-bond acceptors (Lipinski definition) is 4. The summed E-state index contributed by atoms with van der Waals surface area (Å²) in [5.74, 6) is 0.180. The van der Waals surface area contributed by atoms with Gasteiger partial charge in [-0.25, -0.2) is 8.42 Å². The van der Waals surface area contributed by atoms with Crippen LogP contribution in [-0.4, -0.2) is 20.2 Å². The Hall–Kier alpha value is -0.650. The molecule has 0 amide bonds. The molecule has 0 radical (unpaired) electrons. The lowest BCUT2D eigenvalue weighted by molar-refractivity contribution is 0.534. The molecule has 17 heavy (non-hydrogen) atoms. The van der Waals surface area contributed by atoms with Gasteiger partial charge in [0.25, 0.3) is 0 Å². The predicted molar refractivity (Wildman–Crippen MR) is 72.1 cm³/mol. The van der Waals surface area contributed by atoms with Gasteiger partial charge in [-0.15, -0.1) is 11.3 Å². The Morgan fingerprint density at radius 2 is 2.18 bits per heavy atom. The normalized spacial score (nSPS) is 24.1. The van der Waals surface area contributed by atoms with Crippen LogP contribution in [0.3, 0.4) is 0 Å². The van der Waals surface area contributed by atoms with Gasteiger partial charge in [0.05, 0.1) is 5.75 Å². The fourth-order valence-corrected chi connectivity index (χ4v) is 4.44. The lowest BCUT2D eigenvalue weighted by atomic mass is 10.1. The molecule has 5 heteroatoms. The third-order valence-electron chi connectivity index (χ3n) is 2.94. The topological polar surface area (TPSA) is 46.2 Å². The van der Waals surface area contributed by atoms with Gasteiger partial charge in [-0.3, -0.25) is 0 Å². The van der Waals surface area contributed by atoms with Crippen LogP contribution in [0.1, 0.15) is 28.3 Å². The van der Waals surface area contributed by atoms with E-state index in [0.29, 0.717) is 0 Å². The summed E-state index contributed by atoms with van der Waals surface area (Å²) in [5, 5.41) is 4.65. The van der Waals surface area contributed by atoms with Crippen molar-refractivity contribution in [1.29, 1.82) is 0 Å². The van der Waals surface area contributed by atoms with Gasteiger partial charge in [0, 0.05) is 27.2 Å². The van der Waals surface area contributed by atoms with Crippen LogP contribution in [0.5, 0.6) is 0 Å². The van der Waals surface area contributed by atoms with Gasteiger partial charge in [0.1, 0.15) is 0 Å². The van der Waals surface area contributed by atoms with E-state index in [0.717, 1.165) is 0 Å². The molecule has 0 aromatic carbocycles. The molecule has 0 bridgehead atoms. The first-order chi connectivity index (χ1) is 7.87. The molecule has 3 nitrogen and oxygen atoms in total. The predicted octanol–water partition coefficient (Wildman–Crippen LogP) is 2.33. The Bertz CT molecular complexity index is 543. The molecule has 2 rings (SSSR count). The summed E-state index contributed by atoms with van der Waals surface area (Å²) in [4.78, 5) is 2.59. The fourth-order valence-electron chi connectivity index (χ4n) is 2.17. The van der Waals surface area contributed by atoms with E-state index in [1.54, 1.807) is 17.4 Å². The summed E-state index contributed by atoms with van der Waals surface area (Å²) >= 11 is 1.78. The Balaban J connectivity index is 2.06. The van der Waals surface area contributed by atoms with E-state index >= 15 is 0 Å². The zero-order chi connectivity index (χ0) is 12.6. The molecule has 0 saturated heterocycles. The van der Waals surface area contributed by atoms with E-state index in [4.69, 9.17) is 0 Å². The van der Waals surface area contributed by atoms with E-state index < -0.39 is 9.84 Å². The van der Waals surface area contributed by atoms with Gasteiger partial charge in [0.15, 0.2) is 9.84 Å². The van der Waals surface area contributed by atoms with Crippen LogP contribution in [0.2, 0.25) is 0 Å². The number of nitrogens with one attached hydrogen (secondary N) is 1. The summed E-state index contributed by atoms with van der Waals surface area (Å²) in [6.07, 6.45) is 1.74. The van der Waals surface area contributed by atoms with E-state index in [-0.39, 0.29) is 17.8 Å². The van der Waals surface area contributed by atoms with Gasteiger partial charge >= 0.3 is 0 Å². The van der Waals surface area contributed by atoms with Gasteiger partial charge in [-0.05, 0) is 32.4 Å². The largest absolute Gasteiger partial charge is 0.303 e. The molecule has 2 unspecified atom stereocenters. The minimum absolute atomic E-state index is 0.0605. The molecule has 0 fully saturated rings. The average molecular weight is 271 g/mol. The van der Waals surface area contributed by atoms with Crippen molar-refractivity contribution in [2.24, 2.45) is 0 Å². The summed E-state index contributed by atoms with van der Waals surface area (Å²) in [6, 6.07) is 2.29. The number of hydrogen-bond donors (Lipinski definition) is 1. The highest BCUT2D eigenvalue weighted by Gasteiger charge is 2.23. The zero-order valence-corrected chi connectivity index (χ0v) is 11.9. The molecule has 1 aliphatic heterocycles. The van der Waals surface area contributed by atoms with Crippen LogP contribution in [0.15, 0.2) is 17.6 Å². The minimum atomic E-state index is -2.97. The molecule has 1 N–H and O–H groups in total. The van der Waals surface area contributed by atoms with Crippen LogP contribution in [-0.2, 0) is 9.84 Å². The van der Waals surface area contributed by atoms with Gasteiger partial charge < -0.3 is 5.32 Å². The summed E-state index contributed by atoms with van der Waals surface area (Å²) in [6.45, 7) is 6.27. The molecule has 0 spiro atoms. The molecule has 0 aliphatic carbocycles. The molecular weight excluding hydrogens is 254 g/mol. The average Bonchev–Trinajstić information content (AvgIpc) is 2.69. The SMILES string of the molecule is Cc1cc(C(C)NC2C=CS(=O)(=O)C2)c(C)s1. The molecule has 2 atom stereocenters. The Labute approximate surface area is 106 Å². The summed E-state index contributed by atoms with van der Waals surface area (Å²) < 4.78 is 22.6. The molecular formula is C12H17NO2S2. The quantitative estimate of drug-likeness (QED) is 0.917. The second-order valence-corrected chi connectivity index (χ2v) is 7.91. The lowest BCUT2D eigenvalue weighted by Gasteiger charge is -2.17. The Kier molecular flexibility index (Phi) is 3.43. The van der Waals surface area contributed by atoms with Gasteiger partial charge in [-0.1, -0.05) is 6.08 Å². The maximum Gasteiger partial charge on any atom is 0.173 e. The maximum atomic E-state index is 11.3. The molecule has 1 aromatic heterocycles. The molecule has 1 aromatic rings. The lowest BCUT2D eigenvalue weighted by Crippen LogP contribution is -2.32. The van der Waals surface area contributed by atoms with Gasteiger partial charge in [-0.2, -0.15) is 0 Å². The van der Waals surface area contributed by atoms with Crippen molar-refractivity contribution in [3.63, 3.8) is 0 Å². The Morgan fingerprint density at radius 3 is 2.65 bits per heavy atom. The molecule has 94 valence electrons. The first-order valence-electron chi connectivity index (χ1n) is 5.61. The number of aryl methyl sites for hydroxylation is 2. The first kappa shape index (κ1) is 12.8. The second kappa shape index (κ2) is 4.55. The maximum absolute atomic E-state index is 11.3. The van der Waals surface area contributed by atoms with Crippen LogP contribution in [0, 0.1) is 13.8 Å². The minimum Gasteiger partial charge on any atom is -0.303 e. The number of thiophene rings is 1. The summed E-state index contributed by atoms with van der Waals surface area (Å²) in [5.41, 5.74) is 1.27. The number of rotatable bonds is 3. The smallest absolute Gasteiger partial charge is 0.173 e. The highest BCUT2D eigenvalue weighted by molar-refractivity contribution is 7.94. The van der Waals surface area contributed by atoms with Crippen LogP contribution >= 0.6 is 11.3 Å². The number of sulfone groups is 1. The van der Waals surface area contributed by atoms with Crippen molar-refractivity contribution in [3.8, 4) is 0 Å². The molecule has 2 heterocycles. The van der Waals surface area contributed by atoms with E-state index in [1.807, 2.05) is 0 Å². The van der Waals surface area contributed by atoms with Crippen LogP contribution < -0.4 is 5.32 Å². The highest BCUT2D eigenvalue weighted by Crippen LogP contribution is 2.27. The molecule has 1 aliphatic rings. The van der Waals surface area contributed by atoms with Crippen molar-refractivity contribution >= 4 is 21.2 Å². The third-order valence-corrected chi connectivity index (χ3v) is 5.32. The Morgan fingerprint density at radius 1 is 1.47 bits per heavy atom. The van der Waals surface area contributed by atoms with Crippen molar-refractivity contribution in [1.82, 2.24) is 5.32 Å².